The number of hydrogen-bond donors (Lipinski definition) is 5. The van der Waals surface area contributed by atoms with Crippen molar-refractivity contribution in [3.63, 3.8) is 0 Å². The van der Waals surface area contributed by atoms with Crippen molar-refractivity contribution in [2.24, 2.45) is 10.7 Å². The molecule has 0 bridgehead atoms. The van der Waals surface area contributed by atoms with Crippen molar-refractivity contribution >= 4 is 35.2 Å². The number of hydrogen-bond acceptors (Lipinski definition) is 8. The van der Waals surface area contributed by atoms with Crippen LogP contribution in [0, 0.1) is 0 Å². The van der Waals surface area contributed by atoms with Gasteiger partial charge in [-0.2, -0.15) is 23.1 Å². The monoisotopic (exact) mass is 508 g/mol. The fourth-order valence-corrected chi connectivity index (χ4v) is 3.32. The number of rotatable bonds is 10. The summed E-state index contributed by atoms with van der Waals surface area (Å²) in [4.78, 5) is 13.0. The summed E-state index contributed by atoms with van der Waals surface area (Å²) in [6.45, 7) is 7.54. The van der Waals surface area contributed by atoms with E-state index in [0.717, 1.165) is 17.8 Å². The van der Waals surface area contributed by atoms with E-state index in [9.17, 15) is 13.2 Å². The highest BCUT2D eigenvalue weighted by molar-refractivity contribution is 5.89. The molecule has 0 aliphatic rings. The lowest BCUT2D eigenvalue weighted by atomic mass is 10.0. The topological polar surface area (TPSA) is 112 Å². The lowest BCUT2D eigenvalue weighted by Crippen LogP contribution is -2.11. The van der Waals surface area contributed by atoms with E-state index in [1.165, 1.54) is 24.5 Å². The van der Waals surface area contributed by atoms with Gasteiger partial charge in [0.15, 0.2) is 0 Å². The molecule has 2 aromatic carbocycles. The highest BCUT2D eigenvalue weighted by Gasteiger charge is 2.30. The Morgan fingerprint density at radius 2 is 1.70 bits per heavy atom. The van der Waals surface area contributed by atoms with E-state index in [0.29, 0.717) is 39.8 Å². The first-order valence-corrected chi connectivity index (χ1v) is 11.0. The second-order valence-electron chi connectivity index (χ2n) is 7.64. The minimum atomic E-state index is -4.45. The molecule has 11 heteroatoms. The van der Waals surface area contributed by atoms with Gasteiger partial charge in [-0.05, 0) is 42.0 Å². The van der Waals surface area contributed by atoms with E-state index in [2.05, 4.69) is 49.4 Å². The van der Waals surface area contributed by atoms with E-state index >= 15 is 0 Å². The van der Waals surface area contributed by atoms with Gasteiger partial charge in [0.2, 0.25) is 5.95 Å². The number of anilines is 5. The highest BCUT2D eigenvalue weighted by Crippen LogP contribution is 2.38. The largest absolute Gasteiger partial charge is 0.416 e. The van der Waals surface area contributed by atoms with Crippen molar-refractivity contribution in [2.75, 3.05) is 35.4 Å². The molecule has 0 saturated carbocycles. The Hall–Kier alpha value is -4.80. The Morgan fingerprint density at radius 3 is 2.30 bits per heavy atom. The van der Waals surface area contributed by atoms with Gasteiger partial charge in [-0.3, -0.25) is 4.99 Å². The molecule has 0 amide bonds. The van der Waals surface area contributed by atoms with E-state index in [1.54, 1.807) is 20.2 Å². The molecule has 0 spiro atoms. The molecule has 0 aliphatic carbocycles. The summed E-state index contributed by atoms with van der Waals surface area (Å²) < 4.78 is 39.5. The van der Waals surface area contributed by atoms with Gasteiger partial charge < -0.3 is 27.0 Å². The first-order chi connectivity index (χ1) is 17.7. The summed E-state index contributed by atoms with van der Waals surface area (Å²) in [5.41, 5.74) is 8.33. The van der Waals surface area contributed by atoms with Gasteiger partial charge >= 0.3 is 6.18 Å². The van der Waals surface area contributed by atoms with Gasteiger partial charge in [0.1, 0.15) is 11.6 Å². The molecule has 0 aliphatic heterocycles. The molecule has 0 radical (unpaired) electrons. The molecule has 6 N–H and O–H groups in total. The summed E-state index contributed by atoms with van der Waals surface area (Å²) >= 11 is 0. The van der Waals surface area contributed by atoms with Gasteiger partial charge in [-0.1, -0.05) is 31.4 Å². The van der Waals surface area contributed by atoms with Crippen molar-refractivity contribution in [1.82, 2.24) is 9.97 Å². The van der Waals surface area contributed by atoms with Crippen LogP contribution in [0.1, 0.15) is 5.56 Å². The van der Waals surface area contributed by atoms with E-state index in [1.807, 2.05) is 24.3 Å². The minimum Gasteiger partial charge on any atom is -0.403 e. The van der Waals surface area contributed by atoms with Crippen molar-refractivity contribution in [3.8, 4) is 11.1 Å². The first-order valence-electron chi connectivity index (χ1n) is 11.0. The molecule has 192 valence electrons. The summed E-state index contributed by atoms with van der Waals surface area (Å²) in [6, 6.07) is 12.1. The zero-order valence-corrected chi connectivity index (χ0v) is 20.3. The summed E-state index contributed by atoms with van der Waals surface area (Å²) in [5.74, 6) is 0.901. The highest BCUT2D eigenvalue weighted by atomic mass is 19.4. The molecule has 37 heavy (non-hydrogen) atoms. The second kappa shape index (κ2) is 11.8. The average Bonchev–Trinajstić information content (AvgIpc) is 2.87. The third-order valence-corrected chi connectivity index (χ3v) is 5.03. The van der Waals surface area contributed by atoms with Crippen molar-refractivity contribution in [1.29, 1.82) is 0 Å². The number of nitrogens with zero attached hydrogens (tertiary/aromatic N) is 3. The molecule has 0 fully saturated rings. The molecular weight excluding hydrogens is 481 g/mol. The maximum absolute atomic E-state index is 13.2. The van der Waals surface area contributed by atoms with E-state index in [4.69, 9.17) is 5.73 Å². The molecule has 1 aromatic heterocycles. The standard InChI is InChI=1S/C26H27F3N8/c1-5-16(2)33-19-7-6-8-20(13-19)34-24-22(17-9-11-18(12-10-17)26(27,28)29)23(32-4)36-25(37-24)35-21(14-30)15-31-3/h5-15,33H,1-2,30H2,3-4H3,(H3,32,34,35,36,37)/b21-14+,31-15?. The third kappa shape index (κ3) is 6.88. The summed E-state index contributed by atoms with van der Waals surface area (Å²) in [5, 5.41) is 12.4. The number of halogens is 3. The fourth-order valence-electron chi connectivity index (χ4n) is 3.32. The molecule has 1 heterocycles. The maximum Gasteiger partial charge on any atom is 0.416 e. The molecule has 0 atom stereocenters. The van der Waals surface area contributed by atoms with Gasteiger partial charge in [0, 0.05) is 43.6 Å². The fraction of sp³-hybridized carbons (Fsp3) is 0.115. The predicted octanol–water partition coefficient (Wildman–Crippen LogP) is 5.97. The average molecular weight is 509 g/mol. The number of allylic oxidation sites excluding steroid dienone is 2. The van der Waals surface area contributed by atoms with Crippen molar-refractivity contribution < 1.29 is 13.2 Å². The Bertz CT molecular complexity index is 1330. The van der Waals surface area contributed by atoms with Crippen LogP contribution in [0.4, 0.5) is 42.1 Å². The van der Waals surface area contributed by atoms with Gasteiger partial charge in [0.25, 0.3) is 0 Å². The van der Waals surface area contributed by atoms with E-state index < -0.39 is 11.7 Å². The molecular formula is C26H27F3N8. The number of benzene rings is 2. The number of alkyl halides is 3. The number of nitrogens with two attached hydrogens (primary N) is 1. The lowest BCUT2D eigenvalue weighted by molar-refractivity contribution is -0.137. The molecule has 8 nitrogen and oxygen atoms in total. The Morgan fingerprint density at radius 1 is 1.03 bits per heavy atom. The first kappa shape index (κ1) is 26.8. The van der Waals surface area contributed by atoms with Gasteiger partial charge in [-0.15, -0.1) is 0 Å². The van der Waals surface area contributed by atoms with Crippen LogP contribution >= 0.6 is 0 Å². The quantitative estimate of drug-likeness (QED) is 0.169. The Kier molecular flexibility index (Phi) is 8.51. The Balaban J connectivity index is 2.13. The SMILES string of the molecule is C=CC(=C)Nc1cccc(Nc2nc(N/C(C=NC)=C/N)nc(NC)c2-c2ccc(C(F)(F)F)cc2)c1. The number of nitrogens with one attached hydrogen (secondary N) is 4. The minimum absolute atomic E-state index is 0.188. The van der Waals surface area contributed by atoms with Crippen molar-refractivity contribution in [3.05, 3.63) is 90.9 Å². The zero-order valence-electron chi connectivity index (χ0n) is 20.3. The molecule has 3 rings (SSSR count). The van der Waals surface area contributed by atoms with Crippen LogP contribution < -0.4 is 27.0 Å². The van der Waals surface area contributed by atoms with E-state index in [-0.39, 0.29) is 5.95 Å². The third-order valence-electron chi connectivity index (χ3n) is 5.03. The van der Waals surface area contributed by atoms with Crippen molar-refractivity contribution in [2.45, 2.75) is 6.18 Å². The molecule has 0 unspecified atom stereocenters. The molecule has 3 aromatic rings. The Labute approximate surface area is 212 Å². The van der Waals surface area contributed by atoms with Gasteiger partial charge in [0.05, 0.1) is 16.8 Å². The number of aliphatic imine (C=N–C) groups is 1. The lowest BCUT2D eigenvalue weighted by Gasteiger charge is -2.18. The van der Waals surface area contributed by atoms with Crippen LogP contribution in [0.2, 0.25) is 0 Å². The van der Waals surface area contributed by atoms with Crippen LogP contribution in [-0.4, -0.2) is 30.3 Å². The van der Waals surface area contributed by atoms with Crippen LogP contribution in [0.15, 0.2) is 90.4 Å². The summed E-state index contributed by atoms with van der Waals surface area (Å²) in [6.07, 6.45) is -0.0499. The van der Waals surface area contributed by atoms with Gasteiger partial charge in [-0.25, -0.2) is 0 Å². The van der Waals surface area contributed by atoms with Crippen LogP contribution in [-0.2, 0) is 6.18 Å². The zero-order chi connectivity index (χ0) is 27.0. The number of aromatic nitrogens is 2. The smallest absolute Gasteiger partial charge is 0.403 e. The second-order valence-corrected chi connectivity index (χ2v) is 7.64. The molecule has 0 saturated heterocycles. The summed E-state index contributed by atoms with van der Waals surface area (Å²) in [7, 11) is 3.25. The normalized spacial score (nSPS) is 11.8. The van der Waals surface area contributed by atoms with Crippen LogP contribution in [0.3, 0.4) is 0 Å². The maximum atomic E-state index is 13.2. The van der Waals surface area contributed by atoms with Crippen LogP contribution in [0.5, 0.6) is 0 Å². The predicted molar refractivity (Wildman–Crippen MR) is 145 cm³/mol. The van der Waals surface area contributed by atoms with Crippen LogP contribution in [0.25, 0.3) is 11.1 Å².